The fourth-order valence-electron chi connectivity index (χ4n) is 1.80. The summed E-state index contributed by atoms with van der Waals surface area (Å²) in [4.78, 5) is 15.8. The van der Waals surface area contributed by atoms with Gasteiger partial charge in [-0.1, -0.05) is 49.6 Å². The van der Waals surface area contributed by atoms with Gasteiger partial charge in [-0.15, -0.1) is 9.24 Å². The Labute approximate surface area is 186 Å². The molecule has 0 aliphatic heterocycles. The van der Waals surface area contributed by atoms with E-state index >= 15 is 0 Å². The minimum absolute atomic E-state index is 0.135. The number of carbonyl (C=O) groups excluding carboxylic acids is 1. The Hall–Kier alpha value is -1.88. The van der Waals surface area contributed by atoms with Crippen LogP contribution in [0.5, 0.6) is 0 Å². The molecule has 1 rings (SSSR count). The average Bonchev–Trinajstić information content (AvgIpc) is 2.72. The number of thioether (sulfide) groups is 1. The van der Waals surface area contributed by atoms with Crippen LogP contribution in [0, 0.1) is 5.82 Å². The predicted octanol–water partition coefficient (Wildman–Crippen LogP) is 6.22. The van der Waals surface area contributed by atoms with Gasteiger partial charge in [-0.2, -0.15) is 0 Å². The van der Waals surface area contributed by atoms with Crippen LogP contribution in [0.2, 0.25) is 0 Å². The van der Waals surface area contributed by atoms with E-state index in [0.717, 1.165) is 24.1 Å². The van der Waals surface area contributed by atoms with E-state index in [1.165, 1.54) is 36.9 Å². The number of allylic oxidation sites excluding steroid dienone is 6. The number of nitrogens with zero attached hydrogens (tertiary/aromatic N) is 1. The number of Topliss-reactive ketones (excluding diaryl/α,β-unsaturated/α-hetero) is 1. The molecular weight excluding hydrogens is 423 g/mol. The topological polar surface area (TPSA) is 49.7 Å². The maximum absolute atomic E-state index is 13.9. The van der Waals surface area contributed by atoms with Gasteiger partial charge in [0.05, 0.1) is 9.94 Å². The van der Waals surface area contributed by atoms with Crippen LogP contribution in [0.3, 0.4) is 0 Å². The van der Waals surface area contributed by atoms with Gasteiger partial charge >= 0.3 is 0 Å². The third-order valence-electron chi connectivity index (χ3n) is 3.63. The van der Waals surface area contributed by atoms with Crippen molar-refractivity contribution in [3.05, 3.63) is 71.9 Å². The number of carbonyl (C=O) groups is 1. The molecule has 0 radical (unpaired) electrons. The lowest BCUT2D eigenvalue weighted by atomic mass is 10.1. The van der Waals surface area contributed by atoms with E-state index in [-0.39, 0.29) is 17.4 Å². The van der Waals surface area contributed by atoms with Crippen molar-refractivity contribution in [2.24, 2.45) is 4.99 Å². The molecule has 0 saturated carbocycles. The summed E-state index contributed by atoms with van der Waals surface area (Å²) in [6.45, 7) is 13.9. The van der Waals surface area contributed by atoms with Gasteiger partial charge in [0.2, 0.25) is 0 Å². The quantitative estimate of drug-likeness (QED) is 0.138. The molecule has 0 saturated heterocycles. The van der Waals surface area contributed by atoms with Gasteiger partial charge in [-0.05, 0) is 56.3 Å². The van der Waals surface area contributed by atoms with Gasteiger partial charge < -0.3 is 5.11 Å². The summed E-state index contributed by atoms with van der Waals surface area (Å²) in [5, 5.41) is 8.55. The molecule has 1 N–H and O–H groups in total. The Morgan fingerprint density at radius 3 is 2.23 bits per heavy atom. The third-order valence-corrected chi connectivity index (χ3v) is 5.63. The first-order chi connectivity index (χ1) is 14.1. The minimum Gasteiger partial charge on any atom is -0.400 e. The monoisotopic (exact) mass is 455 g/mol. The number of aliphatic hydroxyl groups excluding tert-OH is 1. The first-order valence-electron chi connectivity index (χ1n) is 9.08. The molecule has 30 heavy (non-hydrogen) atoms. The third kappa shape index (κ3) is 11.3. The van der Waals surface area contributed by atoms with Crippen molar-refractivity contribution in [1.82, 2.24) is 0 Å². The van der Waals surface area contributed by atoms with E-state index in [4.69, 9.17) is 5.11 Å². The highest BCUT2D eigenvalue weighted by Gasteiger charge is 2.13. The van der Waals surface area contributed by atoms with Crippen LogP contribution in [0.1, 0.15) is 44.5 Å². The molecule has 3 nitrogen and oxygen atoms in total. The number of aliphatic imine (C=N–C) groups is 1. The largest absolute Gasteiger partial charge is 0.400 e. The second kappa shape index (κ2) is 16.9. The fourth-order valence-corrected chi connectivity index (χ4v) is 3.10. The molecule has 0 aliphatic carbocycles. The fraction of sp³-hybridized carbons (Fsp3) is 0.304. The van der Waals surface area contributed by atoms with E-state index in [0.29, 0.717) is 21.3 Å². The molecule has 7 heteroatoms. The Kier molecular flexibility index (Phi) is 17.0. The summed E-state index contributed by atoms with van der Waals surface area (Å²) < 4.78 is 26.8. The van der Waals surface area contributed by atoms with Crippen molar-refractivity contribution < 1.29 is 18.7 Å². The normalized spacial score (nSPS) is 11.6. The molecule has 1 aromatic carbocycles. The van der Waals surface area contributed by atoms with Crippen molar-refractivity contribution in [3.63, 3.8) is 0 Å². The molecule has 0 aliphatic rings. The Morgan fingerprint density at radius 2 is 1.87 bits per heavy atom. The van der Waals surface area contributed by atoms with Crippen molar-refractivity contribution in [1.29, 1.82) is 0 Å². The molecule has 0 fully saturated rings. The SMILES string of the molecule is C=C/C=C\C(F)=C(/C)C(=C)C.CCC(=NC)Sc1c(F)cc(C(C)=O)cc1P.CO. The Bertz CT molecular complexity index is 807. The van der Waals surface area contributed by atoms with Crippen LogP contribution < -0.4 is 5.30 Å². The van der Waals surface area contributed by atoms with E-state index in [9.17, 15) is 13.6 Å². The summed E-state index contributed by atoms with van der Waals surface area (Å²) >= 11 is 1.31. The Morgan fingerprint density at radius 1 is 1.30 bits per heavy atom. The van der Waals surface area contributed by atoms with Crippen LogP contribution in [-0.4, -0.2) is 30.1 Å². The van der Waals surface area contributed by atoms with Crippen LogP contribution in [0.4, 0.5) is 8.78 Å². The molecule has 0 heterocycles. The van der Waals surface area contributed by atoms with Crippen LogP contribution in [0.15, 0.2) is 70.4 Å². The maximum atomic E-state index is 13.9. The molecule has 0 spiro atoms. The van der Waals surface area contributed by atoms with Gasteiger partial charge in [0.15, 0.2) is 5.78 Å². The van der Waals surface area contributed by atoms with Crippen LogP contribution in [-0.2, 0) is 0 Å². The lowest BCUT2D eigenvalue weighted by Gasteiger charge is -2.09. The van der Waals surface area contributed by atoms with Gasteiger partial charge in [-0.25, -0.2) is 8.78 Å². The van der Waals surface area contributed by atoms with E-state index in [1.807, 2.05) is 6.92 Å². The van der Waals surface area contributed by atoms with Crippen molar-refractivity contribution >= 4 is 37.1 Å². The van der Waals surface area contributed by atoms with E-state index < -0.39 is 0 Å². The second-order valence-electron chi connectivity index (χ2n) is 5.85. The lowest BCUT2D eigenvalue weighted by molar-refractivity contribution is 0.101. The predicted molar refractivity (Wildman–Crippen MR) is 131 cm³/mol. The zero-order valence-corrected chi connectivity index (χ0v) is 20.5. The smallest absolute Gasteiger partial charge is 0.159 e. The van der Waals surface area contributed by atoms with Crippen molar-refractivity contribution in [3.8, 4) is 0 Å². The van der Waals surface area contributed by atoms with Crippen molar-refractivity contribution in [2.75, 3.05) is 14.2 Å². The number of rotatable bonds is 6. The van der Waals surface area contributed by atoms with E-state index in [2.05, 4.69) is 27.4 Å². The number of aliphatic hydroxyl groups is 1. The number of benzene rings is 1. The molecular formula is C23H32F2NO2PS. The van der Waals surface area contributed by atoms with Gasteiger partial charge in [0.1, 0.15) is 11.6 Å². The summed E-state index contributed by atoms with van der Waals surface area (Å²) in [5.41, 5.74) is 1.72. The van der Waals surface area contributed by atoms with Crippen LogP contribution >= 0.6 is 21.0 Å². The number of ketones is 1. The highest BCUT2D eigenvalue weighted by atomic mass is 32.2. The Balaban J connectivity index is 0. The zero-order valence-electron chi connectivity index (χ0n) is 18.6. The number of hydrogen-bond donors (Lipinski definition) is 1. The zero-order chi connectivity index (χ0) is 23.9. The van der Waals surface area contributed by atoms with Crippen molar-refractivity contribution in [2.45, 2.75) is 39.0 Å². The summed E-state index contributed by atoms with van der Waals surface area (Å²) in [6.07, 6.45) is 5.23. The average molecular weight is 456 g/mol. The van der Waals surface area contributed by atoms with Gasteiger partial charge in [-0.3, -0.25) is 9.79 Å². The van der Waals surface area contributed by atoms with Gasteiger partial charge in [0.25, 0.3) is 0 Å². The summed E-state index contributed by atoms with van der Waals surface area (Å²) in [6, 6.07) is 2.96. The molecule has 1 unspecified atom stereocenters. The summed E-state index contributed by atoms with van der Waals surface area (Å²) in [7, 11) is 5.15. The lowest BCUT2D eigenvalue weighted by Crippen LogP contribution is -2.06. The molecule has 0 aromatic heterocycles. The van der Waals surface area contributed by atoms with Gasteiger partial charge in [0, 0.05) is 19.7 Å². The van der Waals surface area contributed by atoms with Crippen LogP contribution in [0.25, 0.3) is 0 Å². The first-order valence-corrected chi connectivity index (χ1v) is 10.5. The maximum Gasteiger partial charge on any atom is 0.159 e. The summed E-state index contributed by atoms with van der Waals surface area (Å²) in [5.74, 6) is -0.760. The molecule has 166 valence electrons. The number of hydrogen-bond acceptors (Lipinski definition) is 4. The molecule has 1 aromatic rings. The second-order valence-corrected chi connectivity index (χ2v) is 7.56. The molecule has 1 atom stereocenters. The van der Waals surface area contributed by atoms with E-state index in [1.54, 1.807) is 33.0 Å². The highest BCUT2D eigenvalue weighted by molar-refractivity contribution is 8.14. The molecule has 0 bridgehead atoms. The first kappa shape index (κ1) is 30.3. The number of halogens is 2. The molecule has 0 amide bonds. The standard InChI is InChI=1S/C12H15FNOPS.C10H13F.CH4O/c1-4-11(14-3)17-12-9(13)5-8(7(2)15)6-10(12)16;1-5-6-7-10(11)9(4)8(2)3;1-2/h5-6H,4,16H2,1-3H3;5-7H,1-2H2,3-4H3;2H,1H3/b;7-6-,10-9-;. The minimum atomic E-state index is -0.373. The highest BCUT2D eigenvalue weighted by Crippen LogP contribution is 2.25.